The van der Waals surface area contributed by atoms with Gasteiger partial charge >= 0.3 is 6.09 Å². The van der Waals surface area contributed by atoms with Crippen LogP contribution in [-0.2, 0) is 4.74 Å². The minimum absolute atomic E-state index is 0.208. The van der Waals surface area contributed by atoms with Gasteiger partial charge in [-0.15, -0.1) is 0 Å². The number of likely N-dealkylation sites (tertiary alicyclic amines) is 1. The molecule has 0 spiro atoms. The summed E-state index contributed by atoms with van der Waals surface area (Å²) in [7, 11) is 0. The molecule has 1 aromatic rings. The molecular weight excluding hydrogens is 290 g/mol. The van der Waals surface area contributed by atoms with Crippen molar-refractivity contribution in [1.82, 2.24) is 15.2 Å². The van der Waals surface area contributed by atoms with Crippen molar-refractivity contribution in [2.24, 2.45) is 0 Å². The van der Waals surface area contributed by atoms with E-state index in [-0.39, 0.29) is 18.2 Å². The number of carbonyl (C=O) groups is 1. The second-order valence-electron chi connectivity index (χ2n) is 7.29. The Labute approximate surface area is 139 Å². The average Bonchev–Trinajstić information content (AvgIpc) is 2.72. The lowest BCUT2D eigenvalue weighted by Crippen LogP contribution is -2.45. The molecule has 128 valence electrons. The molecule has 2 heterocycles. The van der Waals surface area contributed by atoms with E-state index >= 15 is 0 Å². The first kappa shape index (κ1) is 17.7. The standard InChI is InChI=1S/C18H29N3O2/c1-14(15-8-7-10-19-12-15)20-16-9-5-6-11-21(13-16)17(22)23-18(2,3)4/h7-8,10,12,14,16,20H,5-6,9,11,13H2,1-4H3. The highest BCUT2D eigenvalue weighted by molar-refractivity contribution is 5.68. The van der Waals surface area contributed by atoms with E-state index in [0.717, 1.165) is 25.8 Å². The zero-order valence-corrected chi connectivity index (χ0v) is 14.7. The predicted molar refractivity (Wildman–Crippen MR) is 91.2 cm³/mol. The molecule has 23 heavy (non-hydrogen) atoms. The Kier molecular flexibility index (Phi) is 5.99. The van der Waals surface area contributed by atoms with Gasteiger partial charge in [-0.2, -0.15) is 0 Å². The monoisotopic (exact) mass is 319 g/mol. The van der Waals surface area contributed by atoms with E-state index in [1.165, 1.54) is 5.56 Å². The molecule has 5 heteroatoms. The van der Waals surface area contributed by atoms with Gasteiger partial charge in [0.15, 0.2) is 0 Å². The molecule has 1 fully saturated rings. The number of pyridine rings is 1. The maximum Gasteiger partial charge on any atom is 0.410 e. The van der Waals surface area contributed by atoms with Crippen LogP contribution in [0.15, 0.2) is 24.5 Å². The summed E-state index contributed by atoms with van der Waals surface area (Å²) >= 11 is 0. The number of amides is 1. The molecule has 1 saturated heterocycles. The lowest BCUT2D eigenvalue weighted by Gasteiger charge is -2.29. The minimum atomic E-state index is -0.449. The highest BCUT2D eigenvalue weighted by atomic mass is 16.6. The Bertz CT molecular complexity index is 499. The van der Waals surface area contributed by atoms with E-state index in [0.29, 0.717) is 6.54 Å². The van der Waals surface area contributed by atoms with Crippen molar-refractivity contribution in [1.29, 1.82) is 0 Å². The van der Waals surface area contributed by atoms with Gasteiger partial charge in [0.05, 0.1) is 0 Å². The Morgan fingerprint density at radius 3 is 2.87 bits per heavy atom. The van der Waals surface area contributed by atoms with Gasteiger partial charge in [0, 0.05) is 37.6 Å². The number of carbonyl (C=O) groups excluding carboxylic acids is 1. The van der Waals surface area contributed by atoms with Crippen molar-refractivity contribution in [2.45, 2.75) is 64.6 Å². The summed E-state index contributed by atoms with van der Waals surface area (Å²) in [5, 5.41) is 3.63. The fourth-order valence-corrected chi connectivity index (χ4v) is 2.85. The van der Waals surface area contributed by atoms with Gasteiger partial charge in [-0.25, -0.2) is 4.79 Å². The van der Waals surface area contributed by atoms with E-state index in [9.17, 15) is 4.79 Å². The lowest BCUT2D eigenvalue weighted by molar-refractivity contribution is 0.0242. The second kappa shape index (κ2) is 7.77. The lowest BCUT2D eigenvalue weighted by atomic mass is 10.1. The zero-order chi connectivity index (χ0) is 16.9. The Morgan fingerprint density at radius 1 is 1.43 bits per heavy atom. The van der Waals surface area contributed by atoms with Gasteiger partial charge in [-0.3, -0.25) is 4.98 Å². The van der Waals surface area contributed by atoms with Crippen LogP contribution in [0, 0.1) is 0 Å². The summed E-state index contributed by atoms with van der Waals surface area (Å²) < 4.78 is 5.52. The maximum atomic E-state index is 12.3. The first-order chi connectivity index (χ1) is 10.8. The molecule has 0 saturated carbocycles. The Hall–Kier alpha value is -1.62. The number of nitrogens with zero attached hydrogens (tertiary/aromatic N) is 2. The first-order valence-corrected chi connectivity index (χ1v) is 8.49. The third-order valence-electron chi connectivity index (χ3n) is 3.99. The molecule has 1 aliphatic heterocycles. The molecule has 1 aliphatic rings. The molecule has 2 rings (SSSR count). The number of ether oxygens (including phenoxy) is 1. The maximum absolute atomic E-state index is 12.3. The number of rotatable bonds is 3. The molecule has 2 unspecified atom stereocenters. The summed E-state index contributed by atoms with van der Waals surface area (Å²) in [6, 6.07) is 4.52. The van der Waals surface area contributed by atoms with Crippen LogP contribution in [0.4, 0.5) is 4.79 Å². The highest BCUT2D eigenvalue weighted by Gasteiger charge is 2.27. The summed E-state index contributed by atoms with van der Waals surface area (Å²) in [6.45, 7) is 9.32. The van der Waals surface area contributed by atoms with Crippen LogP contribution in [0.5, 0.6) is 0 Å². The molecule has 0 bridgehead atoms. The van der Waals surface area contributed by atoms with E-state index in [1.807, 2.05) is 37.9 Å². The van der Waals surface area contributed by atoms with Crippen LogP contribution in [0.2, 0.25) is 0 Å². The van der Waals surface area contributed by atoms with Crippen LogP contribution in [-0.4, -0.2) is 40.7 Å². The van der Waals surface area contributed by atoms with Crippen molar-refractivity contribution in [3.8, 4) is 0 Å². The fraction of sp³-hybridized carbons (Fsp3) is 0.667. The number of hydrogen-bond acceptors (Lipinski definition) is 4. The van der Waals surface area contributed by atoms with Crippen LogP contribution in [0.25, 0.3) is 0 Å². The SMILES string of the molecule is CC(NC1CCCCN(C(=O)OC(C)(C)C)C1)c1cccnc1. The number of aromatic nitrogens is 1. The third kappa shape index (κ3) is 5.82. The van der Waals surface area contributed by atoms with Gasteiger partial charge in [0.25, 0.3) is 0 Å². The van der Waals surface area contributed by atoms with Gasteiger partial charge in [0.2, 0.25) is 0 Å². The number of hydrogen-bond donors (Lipinski definition) is 1. The smallest absolute Gasteiger partial charge is 0.410 e. The summed E-state index contributed by atoms with van der Waals surface area (Å²) in [4.78, 5) is 18.3. The van der Waals surface area contributed by atoms with Gasteiger partial charge in [-0.1, -0.05) is 12.5 Å². The van der Waals surface area contributed by atoms with Crippen LogP contribution in [0.1, 0.15) is 58.6 Å². The van der Waals surface area contributed by atoms with Crippen molar-refractivity contribution in [3.63, 3.8) is 0 Å². The van der Waals surface area contributed by atoms with E-state index in [1.54, 1.807) is 6.20 Å². The van der Waals surface area contributed by atoms with E-state index in [4.69, 9.17) is 4.74 Å². The molecule has 5 nitrogen and oxygen atoms in total. The van der Waals surface area contributed by atoms with Crippen molar-refractivity contribution in [3.05, 3.63) is 30.1 Å². The summed E-state index contributed by atoms with van der Waals surface area (Å²) in [5.41, 5.74) is 0.718. The zero-order valence-electron chi connectivity index (χ0n) is 14.7. The second-order valence-corrected chi connectivity index (χ2v) is 7.29. The average molecular weight is 319 g/mol. The van der Waals surface area contributed by atoms with Crippen LogP contribution in [0.3, 0.4) is 0 Å². The normalized spacial score (nSPS) is 20.7. The molecule has 0 aliphatic carbocycles. The van der Waals surface area contributed by atoms with Crippen molar-refractivity contribution < 1.29 is 9.53 Å². The van der Waals surface area contributed by atoms with Gasteiger partial charge < -0.3 is 15.0 Å². The molecule has 1 amide bonds. The quantitative estimate of drug-likeness (QED) is 0.926. The highest BCUT2D eigenvalue weighted by Crippen LogP contribution is 2.18. The molecule has 1 N–H and O–H groups in total. The van der Waals surface area contributed by atoms with Crippen LogP contribution < -0.4 is 5.32 Å². The largest absolute Gasteiger partial charge is 0.444 e. The van der Waals surface area contributed by atoms with Crippen molar-refractivity contribution in [2.75, 3.05) is 13.1 Å². The van der Waals surface area contributed by atoms with E-state index in [2.05, 4.69) is 23.3 Å². The van der Waals surface area contributed by atoms with Crippen LogP contribution >= 0.6 is 0 Å². The first-order valence-electron chi connectivity index (χ1n) is 8.49. The predicted octanol–water partition coefficient (Wildman–Crippen LogP) is 3.52. The molecule has 0 radical (unpaired) electrons. The molecule has 2 atom stereocenters. The Balaban J connectivity index is 1.95. The molecule has 1 aromatic heterocycles. The fourth-order valence-electron chi connectivity index (χ4n) is 2.85. The summed E-state index contributed by atoms with van der Waals surface area (Å²) in [5.74, 6) is 0. The number of nitrogens with one attached hydrogen (secondary N) is 1. The molecular formula is C18H29N3O2. The van der Waals surface area contributed by atoms with Crippen molar-refractivity contribution >= 4 is 6.09 Å². The van der Waals surface area contributed by atoms with E-state index < -0.39 is 5.60 Å². The topological polar surface area (TPSA) is 54.5 Å². The van der Waals surface area contributed by atoms with Gasteiger partial charge in [-0.05, 0) is 52.2 Å². The van der Waals surface area contributed by atoms with Gasteiger partial charge in [0.1, 0.15) is 5.60 Å². The third-order valence-corrected chi connectivity index (χ3v) is 3.99. The Morgan fingerprint density at radius 2 is 2.22 bits per heavy atom. The summed E-state index contributed by atoms with van der Waals surface area (Å²) in [6.07, 6.45) is 6.69. The molecule has 0 aromatic carbocycles. The minimum Gasteiger partial charge on any atom is -0.444 e.